The molecule has 1 aromatic heterocycles. The summed E-state index contributed by atoms with van der Waals surface area (Å²) in [7, 11) is -1.57. The van der Waals surface area contributed by atoms with E-state index in [0.29, 0.717) is 12.5 Å². The van der Waals surface area contributed by atoms with Crippen molar-refractivity contribution >= 4 is 50.9 Å². The molecule has 0 amide bonds. The van der Waals surface area contributed by atoms with Gasteiger partial charge in [-0.3, -0.25) is 4.99 Å². The molecular weight excluding hydrogens is 477 g/mol. The summed E-state index contributed by atoms with van der Waals surface area (Å²) in [6.07, 6.45) is 4.06. The van der Waals surface area contributed by atoms with E-state index >= 15 is 0 Å². The minimum atomic E-state index is -3.26. The molecule has 2 rings (SSSR count). The van der Waals surface area contributed by atoms with Crippen LogP contribution in [0.4, 0.5) is 0 Å². The highest BCUT2D eigenvalue weighted by molar-refractivity contribution is 14.0. The molecule has 27 heavy (non-hydrogen) atoms. The van der Waals surface area contributed by atoms with Crippen molar-refractivity contribution in [1.29, 1.82) is 0 Å². The standard InChI is InChI=1S/C18H29N5O2S.HI/c1-13-7-6-8-15-14(11-21-16(13)15)9-10-20-17(19-4)22-12-18(2,3)23-26(5,24)25;/h6-8,11,21,23H,9-10,12H2,1-5H3,(H2,19,20,22);1H. The molecule has 0 saturated carbocycles. The Kier molecular flexibility index (Phi) is 8.55. The molecule has 0 unspecified atom stereocenters. The van der Waals surface area contributed by atoms with Crippen LogP contribution in [0.1, 0.15) is 25.0 Å². The lowest BCUT2D eigenvalue weighted by molar-refractivity contribution is 0.446. The van der Waals surface area contributed by atoms with E-state index in [1.807, 2.05) is 13.8 Å². The summed E-state index contributed by atoms with van der Waals surface area (Å²) in [5, 5.41) is 7.68. The number of hydrogen-bond acceptors (Lipinski definition) is 3. The van der Waals surface area contributed by atoms with E-state index in [0.717, 1.165) is 19.2 Å². The van der Waals surface area contributed by atoms with E-state index in [-0.39, 0.29) is 24.0 Å². The molecule has 0 fully saturated rings. The number of halogens is 1. The van der Waals surface area contributed by atoms with Crippen molar-refractivity contribution in [3.8, 4) is 0 Å². The van der Waals surface area contributed by atoms with E-state index in [1.165, 1.54) is 22.0 Å². The molecule has 2 aromatic rings. The van der Waals surface area contributed by atoms with E-state index in [4.69, 9.17) is 0 Å². The van der Waals surface area contributed by atoms with Gasteiger partial charge in [0.2, 0.25) is 10.0 Å². The molecular formula is C18H30IN5O2S. The SMILES string of the molecule is CN=C(NCCc1c[nH]c2c(C)cccc12)NCC(C)(C)NS(C)(=O)=O.I. The number of aromatic amines is 1. The van der Waals surface area contributed by atoms with Gasteiger partial charge in [0.15, 0.2) is 5.96 Å². The third-order valence-electron chi connectivity index (χ3n) is 4.08. The monoisotopic (exact) mass is 507 g/mol. The van der Waals surface area contributed by atoms with E-state index in [2.05, 4.69) is 56.7 Å². The summed E-state index contributed by atoms with van der Waals surface area (Å²) in [6.45, 7) is 6.89. The first kappa shape index (κ1) is 23.7. The molecule has 152 valence electrons. The van der Waals surface area contributed by atoms with Crippen LogP contribution in [0.2, 0.25) is 0 Å². The molecule has 0 saturated heterocycles. The Morgan fingerprint density at radius 3 is 2.59 bits per heavy atom. The third-order valence-corrected chi connectivity index (χ3v) is 5.00. The summed E-state index contributed by atoms with van der Waals surface area (Å²) in [5.41, 5.74) is 3.06. The molecule has 1 aromatic carbocycles. The van der Waals surface area contributed by atoms with Gasteiger partial charge in [-0.05, 0) is 38.3 Å². The molecule has 0 radical (unpaired) electrons. The van der Waals surface area contributed by atoms with Crippen molar-refractivity contribution in [2.24, 2.45) is 4.99 Å². The molecule has 0 aliphatic carbocycles. The first-order chi connectivity index (χ1) is 12.1. The number of guanidine groups is 1. The predicted octanol–water partition coefficient (Wildman–Crippen LogP) is 2.13. The second kappa shape index (κ2) is 9.74. The summed E-state index contributed by atoms with van der Waals surface area (Å²) < 4.78 is 25.4. The van der Waals surface area contributed by atoms with Gasteiger partial charge in [0.25, 0.3) is 0 Å². The largest absolute Gasteiger partial charge is 0.361 e. The maximum absolute atomic E-state index is 11.4. The topological polar surface area (TPSA) is 98.4 Å². The fraction of sp³-hybridized carbons (Fsp3) is 0.500. The van der Waals surface area contributed by atoms with E-state index in [9.17, 15) is 8.42 Å². The van der Waals surface area contributed by atoms with Crippen molar-refractivity contribution < 1.29 is 8.42 Å². The highest BCUT2D eigenvalue weighted by Crippen LogP contribution is 2.21. The van der Waals surface area contributed by atoms with Crippen molar-refractivity contribution in [1.82, 2.24) is 20.3 Å². The molecule has 0 atom stereocenters. The number of sulfonamides is 1. The third kappa shape index (κ3) is 7.30. The predicted molar refractivity (Wildman–Crippen MR) is 124 cm³/mol. The lowest BCUT2D eigenvalue weighted by Crippen LogP contribution is -2.53. The van der Waals surface area contributed by atoms with Gasteiger partial charge in [-0.1, -0.05) is 18.2 Å². The van der Waals surface area contributed by atoms with Crippen molar-refractivity contribution in [3.63, 3.8) is 0 Å². The van der Waals surface area contributed by atoms with Crippen molar-refractivity contribution in [2.45, 2.75) is 32.7 Å². The average Bonchev–Trinajstić information content (AvgIpc) is 2.93. The fourth-order valence-electron chi connectivity index (χ4n) is 2.95. The van der Waals surface area contributed by atoms with Crippen LogP contribution in [0.3, 0.4) is 0 Å². The van der Waals surface area contributed by atoms with Crippen LogP contribution in [0.5, 0.6) is 0 Å². The molecule has 1 heterocycles. The number of H-pyrrole nitrogens is 1. The Bertz CT molecular complexity index is 890. The molecule has 4 N–H and O–H groups in total. The van der Waals surface area contributed by atoms with Crippen LogP contribution in [0.25, 0.3) is 10.9 Å². The van der Waals surface area contributed by atoms with Gasteiger partial charge < -0.3 is 15.6 Å². The smallest absolute Gasteiger partial charge is 0.209 e. The minimum absolute atomic E-state index is 0. The number of nitrogens with one attached hydrogen (secondary N) is 4. The molecule has 0 aliphatic heterocycles. The highest BCUT2D eigenvalue weighted by atomic mass is 127. The van der Waals surface area contributed by atoms with Crippen molar-refractivity contribution in [3.05, 3.63) is 35.5 Å². The van der Waals surface area contributed by atoms with Gasteiger partial charge in [0.1, 0.15) is 0 Å². The highest BCUT2D eigenvalue weighted by Gasteiger charge is 2.22. The summed E-state index contributed by atoms with van der Waals surface area (Å²) in [5.74, 6) is 0.643. The Labute approximate surface area is 178 Å². The zero-order valence-electron chi connectivity index (χ0n) is 16.5. The van der Waals surface area contributed by atoms with Crippen LogP contribution in [-0.2, 0) is 16.4 Å². The van der Waals surface area contributed by atoms with E-state index in [1.54, 1.807) is 7.05 Å². The number of para-hydroxylation sites is 1. The Morgan fingerprint density at radius 1 is 1.26 bits per heavy atom. The van der Waals surface area contributed by atoms with Crippen LogP contribution < -0.4 is 15.4 Å². The van der Waals surface area contributed by atoms with Gasteiger partial charge in [-0.15, -0.1) is 24.0 Å². The quantitative estimate of drug-likeness (QED) is 0.262. The minimum Gasteiger partial charge on any atom is -0.361 e. The second-order valence-corrected chi connectivity index (χ2v) is 8.92. The first-order valence-corrected chi connectivity index (χ1v) is 10.5. The number of aromatic nitrogens is 1. The van der Waals surface area contributed by atoms with Gasteiger partial charge in [0, 0.05) is 42.8 Å². The normalized spacial score (nSPS) is 12.7. The summed E-state index contributed by atoms with van der Waals surface area (Å²) in [6, 6.07) is 6.29. The molecule has 0 spiro atoms. The maximum Gasteiger partial charge on any atom is 0.209 e. The Balaban J connectivity index is 0.00000364. The van der Waals surface area contributed by atoms with Gasteiger partial charge >= 0.3 is 0 Å². The molecule has 7 nitrogen and oxygen atoms in total. The number of hydrogen-bond donors (Lipinski definition) is 4. The van der Waals surface area contributed by atoms with Crippen LogP contribution in [0, 0.1) is 6.92 Å². The van der Waals surface area contributed by atoms with Crippen LogP contribution in [0.15, 0.2) is 29.4 Å². The maximum atomic E-state index is 11.4. The Hall–Kier alpha value is -1.33. The number of aryl methyl sites for hydroxylation is 1. The summed E-state index contributed by atoms with van der Waals surface area (Å²) in [4.78, 5) is 7.53. The van der Waals surface area contributed by atoms with Crippen molar-refractivity contribution in [2.75, 3.05) is 26.4 Å². The number of benzene rings is 1. The zero-order valence-corrected chi connectivity index (χ0v) is 19.7. The number of nitrogens with zero attached hydrogens (tertiary/aromatic N) is 1. The van der Waals surface area contributed by atoms with Crippen LogP contribution >= 0.6 is 24.0 Å². The second-order valence-electron chi connectivity index (χ2n) is 7.17. The molecule has 0 bridgehead atoms. The fourth-order valence-corrected chi connectivity index (χ4v) is 4.03. The van der Waals surface area contributed by atoms with Gasteiger partial charge in [0.05, 0.1) is 6.26 Å². The Morgan fingerprint density at radius 2 is 1.96 bits per heavy atom. The average molecular weight is 507 g/mol. The first-order valence-electron chi connectivity index (χ1n) is 8.60. The lowest BCUT2D eigenvalue weighted by Gasteiger charge is -2.26. The van der Waals surface area contributed by atoms with Gasteiger partial charge in [-0.2, -0.15) is 0 Å². The molecule has 9 heteroatoms. The number of aliphatic imine (C=N–C) groups is 1. The number of rotatable bonds is 7. The van der Waals surface area contributed by atoms with Crippen LogP contribution in [-0.4, -0.2) is 51.3 Å². The van der Waals surface area contributed by atoms with E-state index < -0.39 is 15.6 Å². The molecule has 0 aliphatic rings. The zero-order chi connectivity index (χ0) is 19.4. The summed E-state index contributed by atoms with van der Waals surface area (Å²) >= 11 is 0. The number of fused-ring (bicyclic) bond motifs is 1. The lowest BCUT2D eigenvalue weighted by atomic mass is 10.1. The van der Waals surface area contributed by atoms with Gasteiger partial charge in [-0.25, -0.2) is 13.1 Å².